The van der Waals surface area contributed by atoms with E-state index in [0.29, 0.717) is 12.5 Å². The van der Waals surface area contributed by atoms with Gasteiger partial charge in [-0.15, -0.1) is 0 Å². The third kappa shape index (κ3) is 3.03. The first kappa shape index (κ1) is 13.4. The van der Waals surface area contributed by atoms with Crippen molar-refractivity contribution in [3.8, 4) is 5.75 Å². The maximum absolute atomic E-state index is 10.5. The molecule has 1 atom stereocenters. The molecule has 1 heterocycles. The van der Waals surface area contributed by atoms with E-state index in [1.807, 2.05) is 19.1 Å². The lowest BCUT2D eigenvalue weighted by atomic mass is 9.91. The second-order valence-electron chi connectivity index (χ2n) is 5.55. The second-order valence-corrected chi connectivity index (χ2v) is 5.55. The summed E-state index contributed by atoms with van der Waals surface area (Å²) >= 11 is 0. The molecule has 0 aromatic heterocycles. The molecule has 0 fully saturated rings. The molecule has 1 aliphatic rings. The number of fused-ring (bicyclic) bond motifs is 1. The van der Waals surface area contributed by atoms with Crippen LogP contribution in [0.4, 0.5) is 0 Å². The summed E-state index contributed by atoms with van der Waals surface area (Å²) in [4.78, 5) is 0. The van der Waals surface area contributed by atoms with E-state index < -0.39 is 5.60 Å². The number of aliphatic hydroxyl groups is 1. The summed E-state index contributed by atoms with van der Waals surface area (Å²) in [5.41, 5.74) is 1.42. The van der Waals surface area contributed by atoms with Gasteiger partial charge in [0.1, 0.15) is 5.75 Å². The van der Waals surface area contributed by atoms with Gasteiger partial charge in [0.25, 0.3) is 0 Å². The van der Waals surface area contributed by atoms with Crippen molar-refractivity contribution in [2.24, 2.45) is 0 Å². The molecule has 0 amide bonds. The molecule has 0 radical (unpaired) electrons. The Morgan fingerprint density at radius 3 is 2.94 bits per heavy atom. The Morgan fingerprint density at radius 1 is 1.44 bits per heavy atom. The summed E-state index contributed by atoms with van der Waals surface area (Å²) < 4.78 is 5.48. The Bertz CT molecular complexity index is 413. The molecular weight excluding hydrogens is 226 g/mol. The summed E-state index contributed by atoms with van der Waals surface area (Å²) in [6, 6.07) is 6.48. The Morgan fingerprint density at radius 2 is 2.22 bits per heavy atom. The molecule has 100 valence electrons. The van der Waals surface area contributed by atoms with E-state index in [-0.39, 0.29) is 0 Å². The second kappa shape index (κ2) is 5.29. The standard InChI is InChI=1S/C15H23NO2/c1-11(2)16-8-7-15(3,17)13-4-5-14-12(10-13)6-9-18-14/h4-5,10-11,16-17H,6-9H2,1-3H3. The minimum Gasteiger partial charge on any atom is -0.493 e. The zero-order valence-electron chi connectivity index (χ0n) is 11.5. The van der Waals surface area contributed by atoms with Gasteiger partial charge in [0.2, 0.25) is 0 Å². The van der Waals surface area contributed by atoms with Crippen LogP contribution in [-0.4, -0.2) is 24.3 Å². The zero-order valence-corrected chi connectivity index (χ0v) is 11.5. The maximum atomic E-state index is 10.5. The predicted molar refractivity (Wildman–Crippen MR) is 73.0 cm³/mol. The highest BCUT2D eigenvalue weighted by Crippen LogP contribution is 2.31. The monoisotopic (exact) mass is 249 g/mol. The van der Waals surface area contributed by atoms with Crippen molar-refractivity contribution in [3.63, 3.8) is 0 Å². The van der Waals surface area contributed by atoms with Gasteiger partial charge < -0.3 is 15.2 Å². The first-order valence-corrected chi connectivity index (χ1v) is 6.71. The Labute approximate surface area is 109 Å². The minimum atomic E-state index is -0.778. The lowest BCUT2D eigenvalue weighted by Gasteiger charge is -2.25. The van der Waals surface area contributed by atoms with Crippen molar-refractivity contribution in [1.82, 2.24) is 5.32 Å². The van der Waals surface area contributed by atoms with Crippen molar-refractivity contribution in [3.05, 3.63) is 29.3 Å². The van der Waals surface area contributed by atoms with Gasteiger partial charge in [0.05, 0.1) is 12.2 Å². The Hall–Kier alpha value is -1.06. The van der Waals surface area contributed by atoms with E-state index in [2.05, 4.69) is 25.2 Å². The molecule has 0 spiro atoms. The van der Waals surface area contributed by atoms with E-state index in [9.17, 15) is 5.11 Å². The molecule has 0 bridgehead atoms. The first-order chi connectivity index (χ1) is 8.49. The highest BCUT2D eigenvalue weighted by atomic mass is 16.5. The van der Waals surface area contributed by atoms with E-state index in [1.165, 1.54) is 5.56 Å². The smallest absolute Gasteiger partial charge is 0.122 e. The molecule has 0 saturated heterocycles. The number of hydrogen-bond donors (Lipinski definition) is 2. The SMILES string of the molecule is CC(C)NCCC(C)(O)c1ccc2c(c1)CCO2. The van der Waals surface area contributed by atoms with Crippen molar-refractivity contribution in [2.45, 2.75) is 45.3 Å². The molecule has 18 heavy (non-hydrogen) atoms. The van der Waals surface area contributed by atoms with Crippen LogP contribution in [0.3, 0.4) is 0 Å². The lowest BCUT2D eigenvalue weighted by Crippen LogP contribution is -2.31. The van der Waals surface area contributed by atoms with E-state index in [4.69, 9.17) is 4.74 Å². The van der Waals surface area contributed by atoms with Crippen molar-refractivity contribution < 1.29 is 9.84 Å². The molecule has 2 N–H and O–H groups in total. The Kier molecular flexibility index (Phi) is 3.93. The quantitative estimate of drug-likeness (QED) is 0.840. The van der Waals surface area contributed by atoms with E-state index in [0.717, 1.165) is 30.9 Å². The van der Waals surface area contributed by atoms with Gasteiger partial charge >= 0.3 is 0 Å². The fourth-order valence-corrected chi connectivity index (χ4v) is 2.27. The molecule has 0 aliphatic carbocycles. The molecular formula is C15H23NO2. The van der Waals surface area contributed by atoms with Crippen LogP contribution < -0.4 is 10.1 Å². The van der Waals surface area contributed by atoms with Crippen LogP contribution in [0.15, 0.2) is 18.2 Å². The average molecular weight is 249 g/mol. The number of ether oxygens (including phenoxy) is 1. The van der Waals surface area contributed by atoms with Crippen LogP contribution in [0.25, 0.3) is 0 Å². The largest absolute Gasteiger partial charge is 0.493 e. The maximum Gasteiger partial charge on any atom is 0.122 e. The van der Waals surface area contributed by atoms with Crippen LogP contribution in [0.5, 0.6) is 5.75 Å². The van der Waals surface area contributed by atoms with E-state index in [1.54, 1.807) is 0 Å². The topological polar surface area (TPSA) is 41.5 Å². The van der Waals surface area contributed by atoms with Crippen molar-refractivity contribution in [2.75, 3.05) is 13.2 Å². The summed E-state index contributed by atoms with van der Waals surface area (Å²) in [6.45, 7) is 7.68. The van der Waals surface area contributed by atoms with Gasteiger partial charge in [0, 0.05) is 12.5 Å². The molecule has 1 aromatic carbocycles. The molecule has 1 unspecified atom stereocenters. The van der Waals surface area contributed by atoms with Gasteiger partial charge in [-0.05, 0) is 43.1 Å². The van der Waals surface area contributed by atoms with Gasteiger partial charge in [-0.25, -0.2) is 0 Å². The molecule has 0 saturated carbocycles. The number of nitrogens with one attached hydrogen (secondary N) is 1. The minimum absolute atomic E-state index is 0.453. The van der Waals surface area contributed by atoms with Crippen molar-refractivity contribution >= 4 is 0 Å². The van der Waals surface area contributed by atoms with Gasteiger partial charge in [-0.1, -0.05) is 19.9 Å². The zero-order chi connectivity index (χ0) is 13.2. The highest BCUT2D eigenvalue weighted by Gasteiger charge is 2.24. The van der Waals surface area contributed by atoms with Crippen LogP contribution >= 0.6 is 0 Å². The fraction of sp³-hybridized carbons (Fsp3) is 0.600. The summed E-state index contributed by atoms with van der Waals surface area (Å²) in [5.74, 6) is 0.967. The van der Waals surface area contributed by atoms with Crippen molar-refractivity contribution in [1.29, 1.82) is 0 Å². The van der Waals surface area contributed by atoms with Crippen LogP contribution in [0.1, 0.15) is 38.3 Å². The molecule has 2 rings (SSSR count). The van der Waals surface area contributed by atoms with Gasteiger partial charge in [-0.2, -0.15) is 0 Å². The fourth-order valence-electron chi connectivity index (χ4n) is 2.27. The first-order valence-electron chi connectivity index (χ1n) is 6.71. The molecule has 1 aliphatic heterocycles. The predicted octanol–water partition coefficient (Wildman–Crippen LogP) is 2.22. The summed E-state index contributed by atoms with van der Waals surface area (Å²) in [5, 5.41) is 13.9. The molecule has 3 nitrogen and oxygen atoms in total. The van der Waals surface area contributed by atoms with Crippen LogP contribution in [0, 0.1) is 0 Å². The lowest BCUT2D eigenvalue weighted by molar-refractivity contribution is 0.0475. The summed E-state index contributed by atoms with van der Waals surface area (Å²) in [6.07, 6.45) is 1.66. The number of rotatable bonds is 5. The Balaban J connectivity index is 2.04. The third-order valence-corrected chi connectivity index (χ3v) is 3.48. The van der Waals surface area contributed by atoms with Gasteiger partial charge in [0.15, 0.2) is 0 Å². The number of hydrogen-bond acceptors (Lipinski definition) is 3. The highest BCUT2D eigenvalue weighted by molar-refractivity contribution is 5.41. The third-order valence-electron chi connectivity index (χ3n) is 3.48. The number of benzene rings is 1. The molecule has 1 aromatic rings. The van der Waals surface area contributed by atoms with Gasteiger partial charge in [-0.3, -0.25) is 0 Å². The van der Waals surface area contributed by atoms with Crippen LogP contribution in [-0.2, 0) is 12.0 Å². The van der Waals surface area contributed by atoms with Crippen LogP contribution in [0.2, 0.25) is 0 Å². The van der Waals surface area contributed by atoms with E-state index >= 15 is 0 Å². The average Bonchev–Trinajstić information content (AvgIpc) is 2.74. The molecule has 3 heteroatoms. The summed E-state index contributed by atoms with van der Waals surface area (Å²) in [7, 11) is 0. The normalized spacial score (nSPS) is 17.4.